The van der Waals surface area contributed by atoms with Gasteiger partial charge in [-0.1, -0.05) is 41.9 Å². The summed E-state index contributed by atoms with van der Waals surface area (Å²) in [6, 6.07) is 15.9. The maximum Gasteiger partial charge on any atom is 0.342 e. The van der Waals surface area contributed by atoms with Crippen molar-refractivity contribution in [3.05, 3.63) is 93.9 Å². The van der Waals surface area contributed by atoms with Crippen molar-refractivity contribution >= 4 is 29.3 Å². The molecule has 7 nitrogen and oxygen atoms in total. The highest BCUT2D eigenvalue weighted by Crippen LogP contribution is 2.23. The molecular weight excluding hydrogens is 519 g/mol. The third kappa shape index (κ3) is 7.13. The Kier molecular flexibility index (Phi) is 9.54. The third-order valence-corrected chi connectivity index (χ3v) is 6.98. The number of anilines is 1. The Morgan fingerprint density at radius 3 is 2.36 bits per heavy atom. The monoisotopic (exact) mass is 552 g/mol. The van der Waals surface area contributed by atoms with E-state index in [2.05, 4.69) is 26.9 Å². The first-order valence-corrected chi connectivity index (χ1v) is 13.6. The van der Waals surface area contributed by atoms with Gasteiger partial charge in [0.1, 0.15) is 17.2 Å². The average Bonchev–Trinajstić information content (AvgIpc) is 2.92. The number of carbonyl (C=O) groups is 2. The molecule has 9 heteroatoms. The molecule has 0 spiro atoms. The lowest BCUT2D eigenvalue weighted by Crippen LogP contribution is -2.46. The van der Waals surface area contributed by atoms with Gasteiger partial charge < -0.3 is 14.5 Å². The summed E-state index contributed by atoms with van der Waals surface area (Å²) in [5.41, 5.74) is 2.53. The number of benzene rings is 2. The van der Waals surface area contributed by atoms with Crippen molar-refractivity contribution in [3.63, 3.8) is 0 Å². The lowest BCUT2D eigenvalue weighted by molar-refractivity contribution is 0.0378. The van der Waals surface area contributed by atoms with Crippen LogP contribution in [0, 0.1) is 5.82 Å². The number of piperazine rings is 1. The van der Waals surface area contributed by atoms with Gasteiger partial charge in [0.25, 0.3) is 5.91 Å². The van der Waals surface area contributed by atoms with Crippen molar-refractivity contribution in [2.24, 2.45) is 0 Å². The topological polar surface area (TPSA) is 66.0 Å². The summed E-state index contributed by atoms with van der Waals surface area (Å²) in [5, 5.41) is 0.114. The minimum atomic E-state index is -0.615. The summed E-state index contributed by atoms with van der Waals surface area (Å²) < 4.78 is 19.7. The Morgan fingerprint density at radius 1 is 1.03 bits per heavy atom. The van der Waals surface area contributed by atoms with Crippen LogP contribution in [-0.4, -0.2) is 65.5 Å². The summed E-state index contributed by atoms with van der Waals surface area (Å²) in [6.07, 6.45) is 1.51. The SMILES string of the molecule is CCN(Cc1ccc(CN2CCN(c3ncccc3C(=O)OC(C)C)CC2)cc1)C(=O)c1c(F)cccc1Cl. The second kappa shape index (κ2) is 13.0. The molecule has 0 bridgehead atoms. The van der Waals surface area contributed by atoms with Crippen molar-refractivity contribution in [1.29, 1.82) is 0 Å². The van der Waals surface area contributed by atoms with Crippen molar-refractivity contribution in [2.75, 3.05) is 37.6 Å². The zero-order chi connectivity index (χ0) is 27.9. The molecule has 1 amide bonds. The first-order valence-electron chi connectivity index (χ1n) is 13.2. The second-order valence-corrected chi connectivity index (χ2v) is 10.2. The Hall–Kier alpha value is -3.49. The van der Waals surface area contributed by atoms with E-state index >= 15 is 0 Å². The van der Waals surface area contributed by atoms with Crippen LogP contribution in [0.5, 0.6) is 0 Å². The molecule has 3 aromatic rings. The number of carbonyl (C=O) groups excluding carboxylic acids is 2. The molecule has 39 heavy (non-hydrogen) atoms. The van der Waals surface area contributed by atoms with Gasteiger partial charge in [-0.05, 0) is 56.2 Å². The maximum absolute atomic E-state index is 14.3. The lowest BCUT2D eigenvalue weighted by Gasteiger charge is -2.36. The summed E-state index contributed by atoms with van der Waals surface area (Å²) >= 11 is 6.11. The molecule has 0 unspecified atom stereocenters. The summed E-state index contributed by atoms with van der Waals surface area (Å²) in [4.78, 5) is 36.0. The molecule has 0 aliphatic carbocycles. The molecule has 1 saturated heterocycles. The van der Waals surface area contributed by atoms with Gasteiger partial charge in [0.2, 0.25) is 0 Å². The number of aromatic nitrogens is 1. The number of pyridine rings is 1. The van der Waals surface area contributed by atoms with Crippen LogP contribution in [0.4, 0.5) is 10.2 Å². The number of nitrogens with zero attached hydrogens (tertiary/aromatic N) is 4. The molecule has 2 heterocycles. The quantitative estimate of drug-likeness (QED) is 0.330. The summed E-state index contributed by atoms with van der Waals surface area (Å²) in [7, 11) is 0. The molecule has 4 rings (SSSR count). The van der Waals surface area contributed by atoms with E-state index in [0.717, 1.165) is 43.9 Å². The van der Waals surface area contributed by atoms with E-state index in [4.69, 9.17) is 16.3 Å². The molecule has 1 aromatic heterocycles. The van der Waals surface area contributed by atoms with Gasteiger partial charge in [0.15, 0.2) is 0 Å². The zero-order valence-electron chi connectivity index (χ0n) is 22.6. The second-order valence-electron chi connectivity index (χ2n) is 9.82. The Morgan fingerprint density at radius 2 is 1.72 bits per heavy atom. The van der Waals surface area contributed by atoms with Crippen LogP contribution in [0.2, 0.25) is 5.02 Å². The molecule has 0 radical (unpaired) electrons. The highest BCUT2D eigenvalue weighted by atomic mass is 35.5. The van der Waals surface area contributed by atoms with Crippen molar-refractivity contribution < 1.29 is 18.7 Å². The smallest absolute Gasteiger partial charge is 0.342 e. The van der Waals surface area contributed by atoms with Gasteiger partial charge in [-0.15, -0.1) is 0 Å². The minimum absolute atomic E-state index is 0.0913. The third-order valence-electron chi connectivity index (χ3n) is 6.67. The van der Waals surface area contributed by atoms with Gasteiger partial charge in [-0.25, -0.2) is 14.2 Å². The van der Waals surface area contributed by atoms with E-state index < -0.39 is 11.7 Å². The predicted molar refractivity (Wildman–Crippen MR) is 151 cm³/mol. The minimum Gasteiger partial charge on any atom is -0.459 e. The number of rotatable bonds is 9. The summed E-state index contributed by atoms with van der Waals surface area (Å²) in [5.74, 6) is -0.720. The van der Waals surface area contributed by atoms with Crippen LogP contribution >= 0.6 is 11.6 Å². The van der Waals surface area contributed by atoms with Crippen molar-refractivity contribution in [2.45, 2.75) is 40.0 Å². The van der Waals surface area contributed by atoms with Gasteiger partial charge in [0.05, 0.1) is 16.7 Å². The number of ether oxygens (including phenoxy) is 1. The predicted octanol–water partition coefficient (Wildman–Crippen LogP) is 5.42. The molecule has 0 N–H and O–H groups in total. The molecule has 2 aromatic carbocycles. The van der Waals surface area contributed by atoms with Gasteiger partial charge in [-0.3, -0.25) is 9.69 Å². The van der Waals surface area contributed by atoms with Gasteiger partial charge in [-0.2, -0.15) is 0 Å². The fourth-order valence-electron chi connectivity index (χ4n) is 4.62. The molecule has 1 aliphatic heterocycles. The van der Waals surface area contributed by atoms with Crippen LogP contribution in [0.25, 0.3) is 0 Å². The number of halogens is 2. The number of amides is 1. The van der Waals surface area contributed by atoms with Crippen LogP contribution in [0.15, 0.2) is 60.8 Å². The zero-order valence-corrected chi connectivity index (χ0v) is 23.3. The van der Waals surface area contributed by atoms with Crippen molar-refractivity contribution in [1.82, 2.24) is 14.8 Å². The van der Waals surface area contributed by atoms with Gasteiger partial charge in [0, 0.05) is 52.0 Å². The standard InChI is InChI=1S/C30H34ClFN4O3/c1-4-35(29(37)27-25(31)8-5-9-26(27)32)20-23-12-10-22(11-13-23)19-34-15-17-36(18-16-34)28-24(7-6-14-33-28)30(38)39-21(2)3/h5-14,21H,4,15-20H2,1-3H3. The molecule has 206 valence electrons. The molecule has 0 saturated carbocycles. The van der Waals surface area contributed by atoms with Crippen LogP contribution in [-0.2, 0) is 17.8 Å². The van der Waals surface area contributed by atoms with Gasteiger partial charge >= 0.3 is 5.97 Å². The van der Waals surface area contributed by atoms with E-state index in [-0.39, 0.29) is 22.7 Å². The van der Waals surface area contributed by atoms with E-state index in [1.807, 2.05) is 32.9 Å². The number of hydrogen-bond donors (Lipinski definition) is 0. The summed E-state index contributed by atoms with van der Waals surface area (Å²) in [6.45, 7) is 10.3. The molecular formula is C30H34ClFN4O3. The fourth-order valence-corrected chi connectivity index (χ4v) is 4.86. The Labute approximate surface area is 234 Å². The Balaban J connectivity index is 1.33. The largest absolute Gasteiger partial charge is 0.459 e. The van der Waals surface area contributed by atoms with E-state index in [1.54, 1.807) is 23.2 Å². The first kappa shape index (κ1) is 28.5. The van der Waals surface area contributed by atoms with E-state index in [9.17, 15) is 14.0 Å². The maximum atomic E-state index is 14.3. The highest BCUT2D eigenvalue weighted by Gasteiger charge is 2.24. The molecule has 1 aliphatic rings. The van der Waals surface area contributed by atoms with Crippen molar-refractivity contribution in [3.8, 4) is 0 Å². The number of hydrogen-bond acceptors (Lipinski definition) is 6. The lowest BCUT2D eigenvalue weighted by atomic mass is 10.1. The van der Waals surface area contributed by atoms with E-state index in [0.29, 0.717) is 24.5 Å². The highest BCUT2D eigenvalue weighted by molar-refractivity contribution is 6.33. The number of esters is 1. The van der Waals surface area contributed by atoms with E-state index in [1.165, 1.54) is 18.2 Å². The molecule has 1 fully saturated rings. The van der Waals surface area contributed by atoms with Crippen LogP contribution in [0.3, 0.4) is 0 Å². The average molecular weight is 553 g/mol. The van der Waals surface area contributed by atoms with Crippen LogP contribution < -0.4 is 4.90 Å². The molecule has 0 atom stereocenters. The first-order chi connectivity index (χ1) is 18.8. The fraction of sp³-hybridized carbons (Fsp3) is 0.367. The van der Waals surface area contributed by atoms with Crippen LogP contribution in [0.1, 0.15) is 52.6 Å². The Bertz CT molecular complexity index is 1270. The normalized spacial score (nSPS) is 13.9.